The Balaban J connectivity index is 1.94. The van der Waals surface area contributed by atoms with E-state index in [1.807, 2.05) is 6.92 Å². The first kappa shape index (κ1) is 16.3. The highest BCUT2D eigenvalue weighted by atomic mass is 16.5. The quantitative estimate of drug-likeness (QED) is 0.789. The van der Waals surface area contributed by atoms with Crippen molar-refractivity contribution in [2.75, 3.05) is 13.2 Å². The second-order valence-corrected chi connectivity index (χ2v) is 6.52. The molecule has 2 N–H and O–H groups in total. The molecule has 2 rings (SSSR count). The highest BCUT2D eigenvalue weighted by molar-refractivity contribution is 5.88. The highest BCUT2D eigenvalue weighted by Gasteiger charge is 2.44. The molecule has 1 saturated carbocycles. The number of hydrogen-bond donors (Lipinski definition) is 2. The van der Waals surface area contributed by atoms with Crippen LogP contribution in [0, 0.1) is 11.8 Å². The van der Waals surface area contributed by atoms with Crippen LogP contribution in [0.25, 0.3) is 0 Å². The Hall–Kier alpha value is -1.10. The number of ether oxygens (including phenoxy) is 1. The maximum absolute atomic E-state index is 12.5. The lowest BCUT2D eigenvalue weighted by Gasteiger charge is -2.29. The van der Waals surface area contributed by atoms with Crippen LogP contribution in [0.3, 0.4) is 0 Å². The minimum atomic E-state index is -1.21. The molecule has 1 aliphatic carbocycles. The van der Waals surface area contributed by atoms with Gasteiger partial charge in [0.05, 0.1) is 6.61 Å². The van der Waals surface area contributed by atoms with Gasteiger partial charge in [-0.2, -0.15) is 0 Å². The first-order valence-corrected chi connectivity index (χ1v) is 8.20. The Morgan fingerprint density at radius 1 is 1.33 bits per heavy atom. The summed E-state index contributed by atoms with van der Waals surface area (Å²) in [6.07, 6.45) is 8.24. The van der Waals surface area contributed by atoms with Gasteiger partial charge in [0.15, 0.2) is 5.54 Å². The van der Waals surface area contributed by atoms with E-state index in [-0.39, 0.29) is 18.4 Å². The lowest BCUT2D eigenvalue weighted by Crippen LogP contribution is -2.56. The minimum Gasteiger partial charge on any atom is -0.479 e. The summed E-state index contributed by atoms with van der Waals surface area (Å²) in [6.45, 7) is 2.48. The van der Waals surface area contributed by atoms with Crippen molar-refractivity contribution in [3.05, 3.63) is 0 Å². The molecule has 0 aromatic heterocycles. The normalized spacial score (nSPS) is 28.2. The van der Waals surface area contributed by atoms with Crippen molar-refractivity contribution >= 4 is 11.9 Å². The van der Waals surface area contributed by atoms with E-state index >= 15 is 0 Å². The molecule has 1 saturated heterocycles. The summed E-state index contributed by atoms with van der Waals surface area (Å²) < 4.78 is 5.19. The molecule has 2 fully saturated rings. The van der Waals surface area contributed by atoms with Crippen LogP contribution < -0.4 is 5.32 Å². The van der Waals surface area contributed by atoms with Crippen molar-refractivity contribution in [3.8, 4) is 0 Å². The smallest absolute Gasteiger partial charge is 0.331 e. The van der Waals surface area contributed by atoms with E-state index in [9.17, 15) is 14.7 Å². The summed E-state index contributed by atoms with van der Waals surface area (Å²) in [5, 5.41) is 12.2. The molecule has 0 aromatic rings. The van der Waals surface area contributed by atoms with Gasteiger partial charge in [-0.3, -0.25) is 4.79 Å². The molecule has 2 atom stereocenters. The third-order valence-corrected chi connectivity index (χ3v) is 5.00. The molecule has 0 radical (unpaired) electrons. The highest BCUT2D eigenvalue weighted by Crippen LogP contribution is 2.30. The van der Waals surface area contributed by atoms with Crippen molar-refractivity contribution in [2.45, 2.75) is 63.8 Å². The van der Waals surface area contributed by atoms with Gasteiger partial charge >= 0.3 is 5.97 Å². The molecule has 5 nitrogen and oxygen atoms in total. The lowest BCUT2D eigenvalue weighted by molar-refractivity contribution is -0.148. The molecule has 5 heteroatoms. The van der Waals surface area contributed by atoms with E-state index < -0.39 is 11.5 Å². The van der Waals surface area contributed by atoms with E-state index in [4.69, 9.17) is 4.74 Å². The van der Waals surface area contributed by atoms with Gasteiger partial charge in [0.2, 0.25) is 5.91 Å². The van der Waals surface area contributed by atoms with Crippen LogP contribution in [0.2, 0.25) is 0 Å². The number of nitrogens with one attached hydrogen (secondary N) is 1. The van der Waals surface area contributed by atoms with Crippen LogP contribution in [-0.2, 0) is 14.3 Å². The van der Waals surface area contributed by atoms with E-state index in [1.165, 1.54) is 32.1 Å². The van der Waals surface area contributed by atoms with Crippen LogP contribution in [0.4, 0.5) is 0 Å². The summed E-state index contributed by atoms with van der Waals surface area (Å²) >= 11 is 0. The van der Waals surface area contributed by atoms with Gasteiger partial charge in [-0.15, -0.1) is 0 Å². The topological polar surface area (TPSA) is 75.6 Å². The molecule has 0 aromatic carbocycles. The van der Waals surface area contributed by atoms with Crippen LogP contribution in [0.15, 0.2) is 0 Å². The Morgan fingerprint density at radius 3 is 2.57 bits per heavy atom. The van der Waals surface area contributed by atoms with Crippen molar-refractivity contribution in [1.29, 1.82) is 0 Å². The predicted octanol–water partition coefficient (Wildman–Crippen LogP) is 2.34. The molecule has 2 unspecified atom stereocenters. The second kappa shape index (κ2) is 7.25. The molecule has 1 aliphatic heterocycles. The van der Waals surface area contributed by atoms with Crippen LogP contribution in [0.1, 0.15) is 58.3 Å². The second-order valence-electron chi connectivity index (χ2n) is 6.52. The summed E-state index contributed by atoms with van der Waals surface area (Å²) in [5.74, 6) is -0.558. The van der Waals surface area contributed by atoms with Gasteiger partial charge in [0.25, 0.3) is 0 Å². The van der Waals surface area contributed by atoms with Gasteiger partial charge in [-0.1, -0.05) is 39.0 Å². The summed E-state index contributed by atoms with van der Waals surface area (Å²) in [7, 11) is 0. The van der Waals surface area contributed by atoms with E-state index in [0.29, 0.717) is 18.9 Å². The van der Waals surface area contributed by atoms with Crippen LogP contribution in [-0.4, -0.2) is 35.7 Å². The number of aliphatic carboxylic acids is 1. The number of amides is 1. The fraction of sp³-hybridized carbons (Fsp3) is 0.875. The predicted molar refractivity (Wildman–Crippen MR) is 78.9 cm³/mol. The van der Waals surface area contributed by atoms with Crippen molar-refractivity contribution < 1.29 is 19.4 Å². The molecule has 1 heterocycles. The maximum Gasteiger partial charge on any atom is 0.331 e. The fourth-order valence-corrected chi connectivity index (χ4v) is 3.51. The lowest BCUT2D eigenvalue weighted by atomic mass is 9.81. The zero-order valence-corrected chi connectivity index (χ0v) is 12.9. The first-order valence-electron chi connectivity index (χ1n) is 8.20. The molecule has 120 valence electrons. The minimum absolute atomic E-state index is 0.0773. The van der Waals surface area contributed by atoms with Gasteiger partial charge < -0.3 is 15.2 Å². The Labute approximate surface area is 126 Å². The Bertz CT molecular complexity index is 370. The summed E-state index contributed by atoms with van der Waals surface area (Å²) in [4.78, 5) is 23.9. The van der Waals surface area contributed by atoms with Crippen LogP contribution >= 0.6 is 0 Å². The molecule has 2 aliphatic rings. The van der Waals surface area contributed by atoms with Crippen molar-refractivity contribution in [1.82, 2.24) is 5.32 Å². The zero-order valence-electron chi connectivity index (χ0n) is 12.9. The van der Waals surface area contributed by atoms with Gasteiger partial charge in [-0.25, -0.2) is 4.79 Å². The third kappa shape index (κ3) is 3.96. The molecular formula is C16H27NO4. The van der Waals surface area contributed by atoms with E-state index in [2.05, 4.69) is 5.32 Å². The average Bonchev–Trinajstić information content (AvgIpc) is 2.95. The number of carbonyl (C=O) groups excluding carboxylic acids is 1. The van der Waals surface area contributed by atoms with Gasteiger partial charge in [0, 0.05) is 18.9 Å². The third-order valence-electron chi connectivity index (χ3n) is 5.00. The van der Waals surface area contributed by atoms with Crippen molar-refractivity contribution in [3.63, 3.8) is 0 Å². The SMILES string of the molecule is CCC(CC1CCCCC1)C(=O)NC1(C(=O)O)CCOC1. The Kier molecular flexibility index (Phi) is 5.62. The molecule has 0 spiro atoms. The number of carboxylic acid groups (broad SMARTS) is 1. The fourth-order valence-electron chi connectivity index (χ4n) is 3.51. The molecular weight excluding hydrogens is 270 g/mol. The van der Waals surface area contributed by atoms with E-state index in [1.54, 1.807) is 0 Å². The molecule has 1 amide bonds. The largest absolute Gasteiger partial charge is 0.479 e. The molecule has 21 heavy (non-hydrogen) atoms. The standard InChI is InChI=1S/C16H27NO4/c1-2-13(10-12-6-4-3-5-7-12)14(18)17-16(15(19)20)8-9-21-11-16/h12-13H,2-11H2,1H3,(H,17,18)(H,19,20). The van der Waals surface area contributed by atoms with Crippen molar-refractivity contribution in [2.24, 2.45) is 11.8 Å². The summed E-state index contributed by atoms with van der Waals surface area (Å²) in [5.41, 5.74) is -1.21. The number of rotatable bonds is 6. The first-order chi connectivity index (χ1) is 10.1. The maximum atomic E-state index is 12.5. The monoisotopic (exact) mass is 297 g/mol. The van der Waals surface area contributed by atoms with E-state index in [0.717, 1.165) is 12.8 Å². The number of hydrogen-bond acceptors (Lipinski definition) is 3. The van der Waals surface area contributed by atoms with Gasteiger partial charge in [0.1, 0.15) is 0 Å². The Morgan fingerprint density at radius 2 is 2.05 bits per heavy atom. The van der Waals surface area contributed by atoms with Crippen LogP contribution in [0.5, 0.6) is 0 Å². The summed E-state index contributed by atoms with van der Waals surface area (Å²) in [6, 6.07) is 0. The number of carboxylic acids is 1. The average molecular weight is 297 g/mol. The molecule has 0 bridgehead atoms. The van der Waals surface area contributed by atoms with Gasteiger partial charge in [-0.05, 0) is 18.8 Å². The number of carbonyl (C=O) groups is 2. The zero-order chi connectivity index (χ0) is 15.3.